The molecule has 0 unspecified atom stereocenters. The summed E-state index contributed by atoms with van der Waals surface area (Å²) in [7, 11) is 0. The lowest BCUT2D eigenvalue weighted by Crippen LogP contribution is -2.40. The highest BCUT2D eigenvalue weighted by Crippen LogP contribution is 2.38. The SMILES string of the molecule is CCCCCCC(=O)N1CCc2sccc2[C@H]1c1ccc(F)cc1. The summed E-state index contributed by atoms with van der Waals surface area (Å²) in [5.41, 5.74) is 2.21. The summed E-state index contributed by atoms with van der Waals surface area (Å²) in [6.45, 7) is 2.93. The van der Waals surface area contributed by atoms with Crippen LogP contribution in [-0.2, 0) is 11.2 Å². The highest BCUT2D eigenvalue weighted by molar-refractivity contribution is 7.10. The first-order chi connectivity index (χ1) is 11.7. The van der Waals surface area contributed by atoms with Gasteiger partial charge in [-0.05, 0) is 47.5 Å². The average Bonchev–Trinajstić information content (AvgIpc) is 3.07. The fraction of sp³-hybridized carbons (Fsp3) is 0.450. The number of fused-ring (bicyclic) bond motifs is 1. The second-order valence-corrected chi connectivity index (χ2v) is 7.40. The molecule has 0 spiro atoms. The van der Waals surface area contributed by atoms with Gasteiger partial charge in [0.1, 0.15) is 5.82 Å². The molecular weight excluding hydrogens is 321 g/mol. The molecule has 1 atom stereocenters. The first kappa shape index (κ1) is 17.2. The zero-order chi connectivity index (χ0) is 16.9. The minimum Gasteiger partial charge on any atom is -0.331 e. The number of carbonyl (C=O) groups excluding carboxylic acids is 1. The summed E-state index contributed by atoms with van der Waals surface area (Å²) < 4.78 is 13.3. The molecule has 3 rings (SSSR count). The van der Waals surface area contributed by atoms with Crippen LogP contribution >= 0.6 is 11.3 Å². The molecule has 1 aliphatic rings. The molecule has 0 saturated heterocycles. The van der Waals surface area contributed by atoms with Gasteiger partial charge >= 0.3 is 0 Å². The van der Waals surface area contributed by atoms with Gasteiger partial charge in [-0.25, -0.2) is 4.39 Å². The van der Waals surface area contributed by atoms with Gasteiger partial charge in [-0.1, -0.05) is 38.3 Å². The highest BCUT2D eigenvalue weighted by atomic mass is 32.1. The second kappa shape index (κ2) is 7.93. The van der Waals surface area contributed by atoms with Crippen LogP contribution in [0.1, 0.15) is 61.1 Å². The Morgan fingerprint density at radius 2 is 2.00 bits per heavy atom. The Balaban J connectivity index is 1.82. The van der Waals surface area contributed by atoms with Crippen molar-refractivity contribution in [1.29, 1.82) is 0 Å². The lowest BCUT2D eigenvalue weighted by molar-refractivity contribution is -0.133. The molecule has 1 aromatic heterocycles. The van der Waals surface area contributed by atoms with Crippen molar-refractivity contribution in [3.8, 4) is 0 Å². The minimum atomic E-state index is -0.238. The molecule has 1 aliphatic heterocycles. The van der Waals surface area contributed by atoms with E-state index in [4.69, 9.17) is 0 Å². The number of thiophene rings is 1. The van der Waals surface area contributed by atoms with Crippen molar-refractivity contribution in [3.05, 3.63) is 57.5 Å². The quantitative estimate of drug-likeness (QED) is 0.648. The van der Waals surface area contributed by atoms with Gasteiger partial charge in [-0.2, -0.15) is 0 Å². The molecule has 24 heavy (non-hydrogen) atoms. The van der Waals surface area contributed by atoms with E-state index in [1.54, 1.807) is 11.3 Å². The first-order valence-corrected chi connectivity index (χ1v) is 9.70. The molecule has 1 amide bonds. The Morgan fingerprint density at radius 3 is 2.75 bits per heavy atom. The first-order valence-electron chi connectivity index (χ1n) is 8.82. The molecule has 128 valence electrons. The van der Waals surface area contributed by atoms with Crippen LogP contribution in [0.2, 0.25) is 0 Å². The lowest BCUT2D eigenvalue weighted by atomic mass is 9.92. The maximum atomic E-state index is 13.3. The molecule has 0 fully saturated rings. The number of carbonyl (C=O) groups is 1. The molecule has 0 aliphatic carbocycles. The normalized spacial score (nSPS) is 16.9. The van der Waals surface area contributed by atoms with Gasteiger partial charge in [0, 0.05) is 17.8 Å². The molecule has 0 N–H and O–H groups in total. The lowest BCUT2D eigenvalue weighted by Gasteiger charge is -2.36. The Labute approximate surface area is 147 Å². The largest absolute Gasteiger partial charge is 0.331 e. The van der Waals surface area contributed by atoms with Crippen LogP contribution in [0.5, 0.6) is 0 Å². The van der Waals surface area contributed by atoms with Crippen molar-refractivity contribution in [2.24, 2.45) is 0 Å². The van der Waals surface area contributed by atoms with Gasteiger partial charge in [0.05, 0.1) is 6.04 Å². The number of halogens is 1. The average molecular weight is 345 g/mol. The second-order valence-electron chi connectivity index (χ2n) is 6.40. The van der Waals surface area contributed by atoms with E-state index in [1.165, 1.54) is 35.4 Å². The van der Waals surface area contributed by atoms with Crippen LogP contribution in [0.25, 0.3) is 0 Å². The van der Waals surface area contributed by atoms with Crippen molar-refractivity contribution < 1.29 is 9.18 Å². The summed E-state index contributed by atoms with van der Waals surface area (Å²) in [4.78, 5) is 16.1. The number of rotatable bonds is 6. The maximum Gasteiger partial charge on any atom is 0.223 e. The van der Waals surface area contributed by atoms with Gasteiger partial charge in [0.25, 0.3) is 0 Å². The zero-order valence-electron chi connectivity index (χ0n) is 14.1. The van der Waals surface area contributed by atoms with E-state index >= 15 is 0 Å². The van der Waals surface area contributed by atoms with E-state index in [0.29, 0.717) is 6.42 Å². The number of amides is 1. The summed E-state index contributed by atoms with van der Waals surface area (Å²) in [5, 5.41) is 2.09. The van der Waals surface area contributed by atoms with Crippen LogP contribution in [0.3, 0.4) is 0 Å². The fourth-order valence-corrected chi connectivity index (χ4v) is 4.34. The number of hydrogen-bond donors (Lipinski definition) is 0. The van der Waals surface area contributed by atoms with Gasteiger partial charge in [-0.3, -0.25) is 4.79 Å². The molecule has 2 nitrogen and oxygen atoms in total. The summed E-state index contributed by atoms with van der Waals surface area (Å²) in [6.07, 6.45) is 5.96. The van der Waals surface area contributed by atoms with Crippen molar-refractivity contribution in [1.82, 2.24) is 4.90 Å². The van der Waals surface area contributed by atoms with E-state index in [1.807, 2.05) is 17.0 Å². The van der Waals surface area contributed by atoms with Gasteiger partial charge < -0.3 is 4.90 Å². The molecule has 1 aromatic carbocycles. The van der Waals surface area contributed by atoms with Gasteiger partial charge in [0.15, 0.2) is 0 Å². The van der Waals surface area contributed by atoms with Crippen LogP contribution in [0.4, 0.5) is 4.39 Å². The molecule has 4 heteroatoms. The van der Waals surface area contributed by atoms with Crippen molar-refractivity contribution in [3.63, 3.8) is 0 Å². The van der Waals surface area contributed by atoms with Crippen LogP contribution in [0, 0.1) is 5.82 Å². The van der Waals surface area contributed by atoms with Gasteiger partial charge in [0.2, 0.25) is 5.91 Å². The van der Waals surface area contributed by atoms with E-state index in [-0.39, 0.29) is 17.8 Å². The monoisotopic (exact) mass is 345 g/mol. The van der Waals surface area contributed by atoms with Crippen molar-refractivity contribution >= 4 is 17.2 Å². The zero-order valence-corrected chi connectivity index (χ0v) is 14.9. The summed E-state index contributed by atoms with van der Waals surface area (Å²) in [5.74, 6) is -0.0187. The molecule has 0 radical (unpaired) electrons. The topological polar surface area (TPSA) is 20.3 Å². The summed E-state index contributed by atoms with van der Waals surface area (Å²) in [6, 6.07) is 8.64. The molecular formula is C20H24FNOS. The van der Waals surface area contributed by atoms with E-state index in [2.05, 4.69) is 18.4 Å². The van der Waals surface area contributed by atoms with E-state index in [0.717, 1.165) is 31.4 Å². The maximum absolute atomic E-state index is 13.3. The van der Waals surface area contributed by atoms with Crippen molar-refractivity contribution in [2.75, 3.05) is 6.54 Å². The fourth-order valence-electron chi connectivity index (χ4n) is 3.44. The van der Waals surface area contributed by atoms with E-state index in [9.17, 15) is 9.18 Å². The number of hydrogen-bond acceptors (Lipinski definition) is 2. The summed E-state index contributed by atoms with van der Waals surface area (Å²) >= 11 is 1.75. The third kappa shape index (κ3) is 3.69. The minimum absolute atomic E-state index is 0.0701. The predicted molar refractivity (Wildman–Crippen MR) is 96.7 cm³/mol. The number of unbranched alkanes of at least 4 members (excludes halogenated alkanes) is 3. The molecule has 0 saturated carbocycles. The van der Waals surface area contributed by atoms with Crippen molar-refractivity contribution in [2.45, 2.75) is 51.5 Å². The predicted octanol–water partition coefficient (Wildman–Crippen LogP) is 5.33. The third-order valence-electron chi connectivity index (χ3n) is 4.72. The molecule has 2 heterocycles. The van der Waals surface area contributed by atoms with Crippen LogP contribution < -0.4 is 0 Å². The number of benzene rings is 1. The van der Waals surface area contributed by atoms with Crippen LogP contribution in [-0.4, -0.2) is 17.4 Å². The Morgan fingerprint density at radius 1 is 1.21 bits per heavy atom. The number of nitrogens with zero attached hydrogens (tertiary/aromatic N) is 1. The Bertz CT molecular complexity index is 679. The van der Waals surface area contributed by atoms with Gasteiger partial charge in [-0.15, -0.1) is 11.3 Å². The molecule has 2 aromatic rings. The Kier molecular flexibility index (Phi) is 5.67. The molecule has 0 bridgehead atoms. The third-order valence-corrected chi connectivity index (χ3v) is 5.71. The van der Waals surface area contributed by atoms with E-state index < -0.39 is 0 Å². The van der Waals surface area contributed by atoms with Crippen LogP contribution in [0.15, 0.2) is 35.7 Å². The standard InChI is InChI=1S/C20H24FNOS/c1-2-3-4-5-6-19(23)22-13-11-18-17(12-14-24-18)20(22)15-7-9-16(21)10-8-15/h7-10,12,14,20H,2-6,11,13H2,1H3/t20-/m1/s1. The Hall–Kier alpha value is -1.68. The highest BCUT2D eigenvalue weighted by Gasteiger charge is 2.32. The smallest absolute Gasteiger partial charge is 0.223 e.